The van der Waals surface area contributed by atoms with Gasteiger partial charge in [0.05, 0.1) is 0 Å². The van der Waals surface area contributed by atoms with Crippen molar-refractivity contribution >= 4 is 0 Å². The van der Waals surface area contributed by atoms with Crippen molar-refractivity contribution in [1.29, 1.82) is 0 Å². The van der Waals surface area contributed by atoms with Gasteiger partial charge in [0.1, 0.15) is 6.23 Å². The Labute approximate surface area is 350 Å². The summed E-state index contributed by atoms with van der Waals surface area (Å²) >= 11 is 0. The molecule has 0 amide bonds. The molecule has 0 saturated heterocycles. The molecule has 2 atom stereocenters. The van der Waals surface area contributed by atoms with Gasteiger partial charge in [0.15, 0.2) is 0 Å². The second-order valence-electron chi connectivity index (χ2n) is 18.0. The highest BCUT2D eigenvalue weighted by atomic mass is 16.3. The molecule has 1 radical (unpaired) electrons. The van der Waals surface area contributed by atoms with Gasteiger partial charge in [0.25, 0.3) is 0 Å². The van der Waals surface area contributed by atoms with Crippen LogP contribution in [0.25, 0.3) is 0 Å². The summed E-state index contributed by atoms with van der Waals surface area (Å²) in [6.07, 6.45) is 64.5. The molecule has 0 heterocycles. The van der Waals surface area contributed by atoms with E-state index in [-0.39, 0.29) is 6.23 Å². The summed E-state index contributed by atoms with van der Waals surface area (Å²) in [5, 5.41) is 11.5. The predicted molar refractivity (Wildman–Crippen MR) is 251 cm³/mol. The van der Waals surface area contributed by atoms with E-state index in [1.807, 2.05) is 0 Å². The maximum Gasteiger partial charge on any atom is 0.107 e. The lowest BCUT2D eigenvalue weighted by molar-refractivity contribution is -0.0363. The first-order valence-electron chi connectivity index (χ1n) is 26.1. The van der Waals surface area contributed by atoms with Gasteiger partial charge in [-0.25, -0.2) is 0 Å². The predicted octanol–water partition coefficient (Wildman–Crippen LogP) is 18.6. The molecule has 0 bridgehead atoms. The van der Waals surface area contributed by atoms with Crippen molar-refractivity contribution in [1.82, 2.24) is 4.90 Å². The Morgan fingerprint density at radius 2 is 0.618 bits per heavy atom. The molecule has 0 aromatic heterocycles. The van der Waals surface area contributed by atoms with Crippen LogP contribution in [-0.2, 0) is 0 Å². The van der Waals surface area contributed by atoms with Crippen LogP contribution in [0.5, 0.6) is 0 Å². The third kappa shape index (κ3) is 41.6. The molecule has 0 aliphatic carbocycles. The number of hydrogen-bond acceptors (Lipinski definition) is 2. The third-order valence-corrected chi connectivity index (χ3v) is 12.5. The minimum atomic E-state index is -0.282. The lowest BCUT2D eigenvalue weighted by Gasteiger charge is -2.36. The van der Waals surface area contributed by atoms with Crippen molar-refractivity contribution in [2.75, 3.05) is 6.54 Å². The average molecular weight is 773 g/mol. The zero-order valence-electron chi connectivity index (χ0n) is 38.7. The molecular weight excluding hydrogens is 667 g/mol. The van der Waals surface area contributed by atoms with Crippen LogP contribution in [-0.4, -0.2) is 28.8 Å². The van der Waals surface area contributed by atoms with Gasteiger partial charge in [0.2, 0.25) is 0 Å². The van der Waals surface area contributed by atoms with Crippen molar-refractivity contribution in [2.45, 2.75) is 316 Å². The Hall–Kier alpha value is -0.340. The molecule has 2 nitrogen and oxygen atoms in total. The summed E-state index contributed by atoms with van der Waals surface area (Å²) in [5.41, 5.74) is 0. The summed E-state index contributed by atoms with van der Waals surface area (Å²) in [5.74, 6) is 0. The Morgan fingerprint density at radius 1 is 0.364 bits per heavy atom. The number of rotatable bonds is 48. The zero-order chi connectivity index (χ0) is 40.0. The first-order valence-corrected chi connectivity index (χ1v) is 26.1. The molecule has 0 aromatic rings. The first-order chi connectivity index (χ1) is 27.2. The highest BCUT2D eigenvalue weighted by Crippen LogP contribution is 2.24. The van der Waals surface area contributed by atoms with Crippen LogP contribution < -0.4 is 0 Å². The lowest BCUT2D eigenvalue weighted by Crippen LogP contribution is -2.44. The molecular formula is C53H106NO. The van der Waals surface area contributed by atoms with Crippen LogP contribution in [0, 0.1) is 6.92 Å². The molecule has 0 rings (SSSR count). The molecule has 0 saturated carbocycles. The number of hydrogen-bond donors (Lipinski definition) is 1. The van der Waals surface area contributed by atoms with Gasteiger partial charge in [-0.3, -0.25) is 4.90 Å². The van der Waals surface area contributed by atoms with E-state index in [1.165, 1.54) is 270 Å². The quantitative estimate of drug-likeness (QED) is 0.0378. The molecule has 55 heavy (non-hydrogen) atoms. The Bertz CT molecular complexity index is 705. The van der Waals surface area contributed by atoms with Crippen molar-refractivity contribution < 1.29 is 5.11 Å². The van der Waals surface area contributed by atoms with Gasteiger partial charge in [-0.1, -0.05) is 265 Å². The summed E-state index contributed by atoms with van der Waals surface area (Å²) in [4.78, 5) is 2.51. The smallest absolute Gasteiger partial charge is 0.107 e. The summed E-state index contributed by atoms with van der Waals surface area (Å²) < 4.78 is 0. The molecule has 0 aromatic carbocycles. The number of aliphatic hydroxyl groups excluding tert-OH is 1. The van der Waals surface area contributed by atoms with Crippen molar-refractivity contribution in [3.05, 3.63) is 19.1 Å². The molecule has 1 N–H and O–H groups in total. The van der Waals surface area contributed by atoms with E-state index in [0.29, 0.717) is 6.04 Å². The minimum absolute atomic E-state index is 0.282. The highest BCUT2D eigenvalue weighted by molar-refractivity contribution is 4.81. The molecule has 2 heteroatoms. The summed E-state index contributed by atoms with van der Waals surface area (Å²) in [6, 6.07) is 0.531. The Morgan fingerprint density at radius 3 is 0.909 bits per heavy atom. The zero-order valence-corrected chi connectivity index (χ0v) is 38.7. The Kier molecular flexibility index (Phi) is 47.7. The summed E-state index contributed by atoms with van der Waals surface area (Å²) in [7, 11) is 0. The SMILES string of the molecule is [CH2]CCN(C(O)CCCCCCCCCCCCCCC)C(CCCCCCCC/C=C\CCCCCCCC)CCCCCCCCCCCCCCC. The van der Waals surface area contributed by atoms with Gasteiger partial charge in [0, 0.05) is 12.6 Å². The molecule has 0 aliphatic rings. The second-order valence-corrected chi connectivity index (χ2v) is 18.0. The van der Waals surface area contributed by atoms with Gasteiger partial charge in [-0.2, -0.15) is 0 Å². The number of allylic oxidation sites excluding steroid dienone is 2. The fourth-order valence-electron chi connectivity index (χ4n) is 8.77. The topological polar surface area (TPSA) is 23.5 Å². The van der Waals surface area contributed by atoms with Crippen LogP contribution in [0.3, 0.4) is 0 Å². The van der Waals surface area contributed by atoms with Gasteiger partial charge < -0.3 is 5.11 Å². The lowest BCUT2D eigenvalue weighted by atomic mass is 9.97. The molecule has 0 spiro atoms. The van der Waals surface area contributed by atoms with Crippen LogP contribution in [0.1, 0.15) is 303 Å². The number of aliphatic hydroxyl groups is 1. The maximum atomic E-state index is 11.5. The van der Waals surface area contributed by atoms with E-state index in [9.17, 15) is 5.11 Å². The van der Waals surface area contributed by atoms with E-state index < -0.39 is 0 Å². The van der Waals surface area contributed by atoms with Crippen LogP contribution in [0.15, 0.2) is 12.2 Å². The van der Waals surface area contributed by atoms with Crippen molar-refractivity contribution in [2.24, 2.45) is 0 Å². The fraction of sp³-hybridized carbons (Fsp3) is 0.943. The normalized spacial score (nSPS) is 13.1. The average Bonchev–Trinajstić information content (AvgIpc) is 3.19. The van der Waals surface area contributed by atoms with E-state index in [2.05, 4.69) is 44.7 Å². The number of unbranched alkanes of at least 4 members (excludes halogenated alkanes) is 36. The fourth-order valence-corrected chi connectivity index (χ4v) is 8.77. The van der Waals surface area contributed by atoms with Crippen LogP contribution in [0.4, 0.5) is 0 Å². The third-order valence-electron chi connectivity index (χ3n) is 12.5. The summed E-state index contributed by atoms with van der Waals surface area (Å²) in [6.45, 7) is 12.1. The maximum absolute atomic E-state index is 11.5. The molecule has 0 aliphatic heterocycles. The molecule has 2 unspecified atom stereocenters. The van der Waals surface area contributed by atoms with Gasteiger partial charge in [-0.05, 0) is 57.8 Å². The van der Waals surface area contributed by atoms with Crippen molar-refractivity contribution in [3.63, 3.8) is 0 Å². The van der Waals surface area contributed by atoms with E-state index in [1.54, 1.807) is 0 Å². The van der Waals surface area contributed by atoms with Gasteiger partial charge >= 0.3 is 0 Å². The van der Waals surface area contributed by atoms with Crippen LogP contribution >= 0.6 is 0 Å². The minimum Gasteiger partial charge on any atom is -0.378 e. The Balaban J connectivity index is 4.46. The second kappa shape index (κ2) is 48.0. The monoisotopic (exact) mass is 773 g/mol. The van der Waals surface area contributed by atoms with Gasteiger partial charge in [-0.15, -0.1) is 0 Å². The largest absolute Gasteiger partial charge is 0.378 e. The van der Waals surface area contributed by atoms with E-state index in [0.717, 1.165) is 19.4 Å². The molecule has 329 valence electrons. The standard InChI is InChI=1S/C53H106NO/c1-5-9-12-15-18-21-24-27-28-29-32-34-37-40-43-46-49-52(48-45-42-39-36-33-30-25-22-19-16-13-10-6-2)54(51-8-4)53(55)50-47-44-41-38-35-31-26-23-20-17-14-11-7-3/h27-28,52-53,55H,4-26,29-51H2,1-3H3/b28-27-. The van der Waals surface area contributed by atoms with E-state index in [4.69, 9.17) is 0 Å². The highest BCUT2D eigenvalue weighted by Gasteiger charge is 2.23. The van der Waals surface area contributed by atoms with Crippen molar-refractivity contribution in [3.8, 4) is 0 Å². The van der Waals surface area contributed by atoms with E-state index >= 15 is 0 Å². The molecule has 0 fully saturated rings. The number of nitrogens with zero attached hydrogens (tertiary/aromatic N) is 1. The van der Waals surface area contributed by atoms with Crippen LogP contribution in [0.2, 0.25) is 0 Å². The first kappa shape index (κ1) is 54.7.